The molecule has 0 aliphatic carbocycles. The summed E-state index contributed by atoms with van der Waals surface area (Å²) in [7, 11) is 0. The summed E-state index contributed by atoms with van der Waals surface area (Å²) in [4.78, 5) is -0.611. The Morgan fingerprint density at radius 3 is 2.29 bits per heavy atom. The summed E-state index contributed by atoms with van der Waals surface area (Å²) in [5.74, 6) is 0. The van der Waals surface area contributed by atoms with E-state index < -0.39 is 16.7 Å². The zero-order valence-electron chi connectivity index (χ0n) is 9.30. The van der Waals surface area contributed by atoms with Crippen LogP contribution in [0.5, 0.6) is 0 Å². The van der Waals surface area contributed by atoms with Crippen molar-refractivity contribution in [3.05, 3.63) is 34.7 Å². The number of halogens is 3. The number of benzene rings is 1. The van der Waals surface area contributed by atoms with Crippen LogP contribution in [0.2, 0.25) is 0 Å². The van der Waals surface area contributed by atoms with Crippen LogP contribution in [-0.4, -0.2) is 5.11 Å². The van der Waals surface area contributed by atoms with Crippen molar-refractivity contribution >= 4 is 21.4 Å². The van der Waals surface area contributed by atoms with Crippen LogP contribution in [0.15, 0.2) is 24.3 Å². The third kappa shape index (κ3) is 2.45. The Balaban J connectivity index is 2.56. The second kappa shape index (κ2) is 3.71. The minimum atomic E-state index is -4.31. The molecular formula is C12H11F3OS. The van der Waals surface area contributed by atoms with E-state index in [1.54, 1.807) is 32.0 Å². The van der Waals surface area contributed by atoms with E-state index in [2.05, 4.69) is 0 Å². The van der Waals surface area contributed by atoms with Crippen molar-refractivity contribution < 1.29 is 18.3 Å². The second-order valence-corrected chi connectivity index (χ2v) is 5.50. The molecule has 1 heterocycles. The molecule has 92 valence electrons. The Labute approximate surface area is 101 Å². The Kier molecular flexibility index (Phi) is 2.71. The summed E-state index contributed by atoms with van der Waals surface area (Å²) in [5.41, 5.74) is -0.439. The summed E-state index contributed by atoms with van der Waals surface area (Å²) in [6, 6.07) is 5.98. The average molecular weight is 260 g/mol. The molecule has 0 aliphatic heterocycles. The smallest absolute Gasteiger partial charge is 0.386 e. The van der Waals surface area contributed by atoms with Crippen LogP contribution < -0.4 is 0 Å². The number of thiophene rings is 1. The van der Waals surface area contributed by atoms with Crippen molar-refractivity contribution in [3.63, 3.8) is 0 Å². The second-order valence-electron chi connectivity index (χ2n) is 4.42. The Bertz CT molecular complexity index is 537. The summed E-state index contributed by atoms with van der Waals surface area (Å²) < 4.78 is 38.1. The van der Waals surface area contributed by atoms with Gasteiger partial charge >= 0.3 is 6.18 Å². The minimum Gasteiger partial charge on any atom is -0.386 e. The van der Waals surface area contributed by atoms with E-state index in [0.717, 1.165) is 6.07 Å². The number of hydrogen-bond acceptors (Lipinski definition) is 2. The van der Waals surface area contributed by atoms with Crippen molar-refractivity contribution in [3.8, 4) is 0 Å². The largest absolute Gasteiger partial charge is 0.425 e. The molecule has 0 radical (unpaired) electrons. The highest BCUT2D eigenvalue weighted by molar-refractivity contribution is 7.19. The fourth-order valence-electron chi connectivity index (χ4n) is 1.56. The van der Waals surface area contributed by atoms with Gasteiger partial charge in [0.15, 0.2) is 0 Å². The third-order valence-electron chi connectivity index (χ3n) is 2.50. The molecule has 0 amide bonds. The zero-order chi connectivity index (χ0) is 12.8. The van der Waals surface area contributed by atoms with Crippen LogP contribution in [0.1, 0.15) is 24.3 Å². The van der Waals surface area contributed by atoms with Gasteiger partial charge in [-0.15, -0.1) is 11.3 Å². The lowest BCUT2D eigenvalue weighted by atomic mass is 9.97. The van der Waals surface area contributed by atoms with Crippen molar-refractivity contribution in [2.45, 2.75) is 25.6 Å². The summed E-state index contributed by atoms with van der Waals surface area (Å²) in [5, 5.41) is 10.3. The molecule has 0 fully saturated rings. The Morgan fingerprint density at radius 1 is 1.12 bits per heavy atom. The van der Waals surface area contributed by atoms with Gasteiger partial charge in [-0.2, -0.15) is 13.2 Å². The molecule has 17 heavy (non-hydrogen) atoms. The van der Waals surface area contributed by atoms with Crippen LogP contribution in [0, 0.1) is 0 Å². The van der Waals surface area contributed by atoms with Crippen LogP contribution in [0.3, 0.4) is 0 Å². The molecule has 5 heteroatoms. The normalized spacial score (nSPS) is 13.3. The van der Waals surface area contributed by atoms with Crippen LogP contribution in [0.25, 0.3) is 10.1 Å². The van der Waals surface area contributed by atoms with Gasteiger partial charge in [0.25, 0.3) is 0 Å². The first-order chi connectivity index (χ1) is 7.68. The molecule has 0 saturated heterocycles. The van der Waals surface area contributed by atoms with Crippen molar-refractivity contribution in [1.82, 2.24) is 0 Å². The van der Waals surface area contributed by atoms with Crippen molar-refractivity contribution in [1.29, 1.82) is 0 Å². The topological polar surface area (TPSA) is 20.2 Å². The van der Waals surface area contributed by atoms with Gasteiger partial charge in [-0.25, -0.2) is 0 Å². The maximum Gasteiger partial charge on any atom is 0.425 e. The van der Waals surface area contributed by atoms with Gasteiger partial charge in [0.2, 0.25) is 0 Å². The van der Waals surface area contributed by atoms with E-state index in [0.29, 0.717) is 27.0 Å². The van der Waals surface area contributed by atoms with Crippen LogP contribution >= 0.6 is 11.3 Å². The van der Waals surface area contributed by atoms with E-state index in [-0.39, 0.29) is 0 Å². The average Bonchev–Trinajstić information content (AvgIpc) is 2.57. The SMILES string of the molecule is CC(C)(O)c1ccc2sc(C(F)(F)F)cc2c1. The van der Waals surface area contributed by atoms with Gasteiger partial charge in [0.05, 0.1) is 5.60 Å². The van der Waals surface area contributed by atoms with Gasteiger partial charge in [-0.1, -0.05) is 6.07 Å². The van der Waals surface area contributed by atoms with E-state index in [1.807, 2.05) is 0 Å². The highest BCUT2D eigenvalue weighted by Crippen LogP contribution is 2.38. The lowest BCUT2D eigenvalue weighted by Gasteiger charge is -2.17. The molecule has 1 aromatic carbocycles. The monoisotopic (exact) mass is 260 g/mol. The first-order valence-corrected chi connectivity index (χ1v) is 5.83. The predicted octanol–water partition coefficient (Wildman–Crippen LogP) is 4.15. The number of alkyl halides is 3. The first kappa shape index (κ1) is 12.4. The van der Waals surface area contributed by atoms with Crippen molar-refractivity contribution in [2.24, 2.45) is 0 Å². The fourth-order valence-corrected chi connectivity index (χ4v) is 2.47. The maximum atomic E-state index is 12.5. The van der Waals surface area contributed by atoms with E-state index in [9.17, 15) is 18.3 Å². The Morgan fingerprint density at radius 2 is 1.76 bits per heavy atom. The molecule has 0 spiro atoms. The summed E-state index contributed by atoms with van der Waals surface area (Å²) in [6.45, 7) is 3.20. The summed E-state index contributed by atoms with van der Waals surface area (Å²) >= 11 is 0.717. The molecule has 0 atom stereocenters. The number of fused-ring (bicyclic) bond motifs is 1. The van der Waals surface area contributed by atoms with Gasteiger partial charge in [0.1, 0.15) is 4.88 Å². The molecule has 0 aliphatic rings. The van der Waals surface area contributed by atoms with Gasteiger partial charge in [0, 0.05) is 4.70 Å². The highest BCUT2D eigenvalue weighted by atomic mass is 32.1. The molecule has 1 nitrogen and oxygen atoms in total. The molecule has 2 aromatic rings. The quantitative estimate of drug-likeness (QED) is 0.816. The van der Waals surface area contributed by atoms with Crippen LogP contribution in [0.4, 0.5) is 13.2 Å². The molecule has 2 rings (SSSR count). The van der Waals surface area contributed by atoms with E-state index in [1.165, 1.54) is 0 Å². The highest BCUT2D eigenvalue weighted by Gasteiger charge is 2.32. The lowest BCUT2D eigenvalue weighted by molar-refractivity contribution is -0.134. The molecule has 1 N–H and O–H groups in total. The molecule has 1 aromatic heterocycles. The van der Waals surface area contributed by atoms with E-state index in [4.69, 9.17) is 0 Å². The predicted molar refractivity (Wildman–Crippen MR) is 62.1 cm³/mol. The molecule has 0 bridgehead atoms. The summed E-state index contributed by atoms with van der Waals surface area (Å²) in [6.07, 6.45) is -4.31. The molecular weight excluding hydrogens is 249 g/mol. The maximum absolute atomic E-state index is 12.5. The van der Waals surface area contributed by atoms with Gasteiger partial charge in [-0.05, 0) is 43.0 Å². The fraction of sp³-hybridized carbons (Fsp3) is 0.333. The number of rotatable bonds is 1. The molecule has 0 unspecified atom stereocenters. The van der Waals surface area contributed by atoms with Gasteiger partial charge < -0.3 is 5.11 Å². The van der Waals surface area contributed by atoms with Gasteiger partial charge in [-0.3, -0.25) is 0 Å². The first-order valence-electron chi connectivity index (χ1n) is 5.01. The lowest BCUT2D eigenvalue weighted by Crippen LogP contribution is -2.14. The van der Waals surface area contributed by atoms with E-state index >= 15 is 0 Å². The zero-order valence-corrected chi connectivity index (χ0v) is 10.1. The molecule has 0 saturated carbocycles. The number of aliphatic hydroxyl groups is 1. The minimum absolute atomic E-state index is 0.516. The third-order valence-corrected chi connectivity index (χ3v) is 3.66. The number of hydrogen-bond donors (Lipinski definition) is 1. The standard InChI is InChI=1S/C12H11F3OS/c1-11(2,16)8-3-4-9-7(5-8)6-10(17-9)12(13,14)15/h3-6,16H,1-2H3. The Hall–Kier alpha value is -1.07. The van der Waals surface area contributed by atoms with Crippen LogP contribution in [-0.2, 0) is 11.8 Å². The van der Waals surface area contributed by atoms with Crippen molar-refractivity contribution in [2.75, 3.05) is 0 Å².